The molecule has 1 aromatic carbocycles. The molecule has 1 aromatic heterocycles. The van der Waals surface area contributed by atoms with Crippen molar-refractivity contribution in [2.24, 2.45) is 5.73 Å². The molecule has 4 heteroatoms. The molecular formula is C15H20FN3. The Balaban J connectivity index is 2.07. The van der Waals surface area contributed by atoms with Crippen molar-refractivity contribution in [2.75, 3.05) is 6.54 Å². The Kier molecular flexibility index (Phi) is 3.27. The zero-order valence-electron chi connectivity index (χ0n) is 11.1. The molecule has 0 radical (unpaired) electrons. The van der Waals surface area contributed by atoms with Crippen LogP contribution in [0, 0.1) is 5.82 Å². The second-order valence-corrected chi connectivity index (χ2v) is 5.62. The number of halogens is 1. The van der Waals surface area contributed by atoms with Crippen molar-refractivity contribution in [3.05, 3.63) is 29.8 Å². The number of nitrogens with one attached hydrogen (secondary N) is 1. The molecule has 0 unspecified atom stereocenters. The highest BCUT2D eigenvalue weighted by atomic mass is 19.1. The molecule has 1 heterocycles. The van der Waals surface area contributed by atoms with Gasteiger partial charge in [-0.3, -0.25) is 0 Å². The van der Waals surface area contributed by atoms with Gasteiger partial charge < -0.3 is 10.7 Å². The summed E-state index contributed by atoms with van der Waals surface area (Å²) in [6, 6.07) is 5.03. The number of nitrogens with two attached hydrogens (primary N) is 1. The Morgan fingerprint density at radius 2 is 1.95 bits per heavy atom. The van der Waals surface area contributed by atoms with Crippen molar-refractivity contribution in [3.63, 3.8) is 0 Å². The molecule has 0 spiro atoms. The molecule has 3 nitrogen and oxygen atoms in total. The highest BCUT2D eigenvalue weighted by Gasteiger charge is 2.34. The van der Waals surface area contributed by atoms with Crippen molar-refractivity contribution in [1.29, 1.82) is 0 Å². The van der Waals surface area contributed by atoms with Crippen LogP contribution in [0.5, 0.6) is 0 Å². The topological polar surface area (TPSA) is 54.7 Å². The van der Waals surface area contributed by atoms with Gasteiger partial charge in [-0.15, -0.1) is 0 Å². The van der Waals surface area contributed by atoms with Gasteiger partial charge in [0.2, 0.25) is 0 Å². The van der Waals surface area contributed by atoms with Gasteiger partial charge in [0.25, 0.3) is 0 Å². The summed E-state index contributed by atoms with van der Waals surface area (Å²) < 4.78 is 13.8. The summed E-state index contributed by atoms with van der Waals surface area (Å²) in [4.78, 5) is 7.80. The quantitative estimate of drug-likeness (QED) is 0.815. The fourth-order valence-electron chi connectivity index (χ4n) is 3.19. The lowest BCUT2D eigenvalue weighted by atomic mass is 9.79. The second kappa shape index (κ2) is 4.93. The van der Waals surface area contributed by atoms with Crippen LogP contribution in [0.15, 0.2) is 18.2 Å². The molecule has 0 amide bonds. The fraction of sp³-hybridized carbons (Fsp3) is 0.533. The average molecular weight is 261 g/mol. The molecule has 0 aliphatic heterocycles. The van der Waals surface area contributed by atoms with Gasteiger partial charge >= 0.3 is 0 Å². The van der Waals surface area contributed by atoms with Crippen LogP contribution in [0.3, 0.4) is 0 Å². The molecule has 0 saturated heterocycles. The monoisotopic (exact) mass is 261 g/mol. The van der Waals surface area contributed by atoms with E-state index in [4.69, 9.17) is 5.73 Å². The van der Waals surface area contributed by atoms with E-state index >= 15 is 0 Å². The number of imidazole rings is 1. The third-order valence-corrected chi connectivity index (χ3v) is 4.42. The third-order valence-electron chi connectivity index (χ3n) is 4.42. The lowest BCUT2D eigenvalue weighted by Crippen LogP contribution is -2.35. The number of H-pyrrole nitrogens is 1. The maximum atomic E-state index is 13.8. The van der Waals surface area contributed by atoms with Crippen LogP contribution in [0.1, 0.15) is 44.3 Å². The normalized spacial score (nSPS) is 19.5. The molecule has 1 fully saturated rings. The summed E-state index contributed by atoms with van der Waals surface area (Å²) in [7, 11) is 0. The maximum Gasteiger partial charge on any atom is 0.151 e. The maximum absolute atomic E-state index is 13.8. The summed E-state index contributed by atoms with van der Waals surface area (Å²) >= 11 is 0. The summed E-state index contributed by atoms with van der Waals surface area (Å²) in [5.74, 6) is 0.609. The van der Waals surface area contributed by atoms with E-state index < -0.39 is 0 Å². The molecule has 0 atom stereocenters. The van der Waals surface area contributed by atoms with Crippen molar-refractivity contribution in [2.45, 2.75) is 43.9 Å². The first kappa shape index (κ1) is 12.6. The summed E-state index contributed by atoms with van der Waals surface area (Å²) in [5, 5.41) is 0. The van der Waals surface area contributed by atoms with Gasteiger partial charge in [-0.05, 0) is 25.0 Å². The zero-order valence-corrected chi connectivity index (χ0v) is 11.1. The number of nitrogens with zero attached hydrogens (tertiary/aromatic N) is 1. The Bertz CT molecular complexity index is 568. The van der Waals surface area contributed by atoms with Crippen LogP contribution in [0.25, 0.3) is 11.0 Å². The number of hydrogen-bond acceptors (Lipinski definition) is 2. The van der Waals surface area contributed by atoms with Crippen LogP contribution in [-0.4, -0.2) is 16.5 Å². The lowest BCUT2D eigenvalue weighted by molar-refractivity contribution is 0.362. The molecular weight excluding hydrogens is 241 g/mol. The number of para-hydroxylation sites is 1. The van der Waals surface area contributed by atoms with Gasteiger partial charge in [0.15, 0.2) is 5.82 Å². The first-order chi connectivity index (χ1) is 9.25. The molecule has 3 rings (SSSR count). The summed E-state index contributed by atoms with van der Waals surface area (Å²) in [6.07, 6.45) is 6.97. The number of aromatic amines is 1. The Hall–Kier alpha value is -1.42. The Labute approximate surface area is 112 Å². The molecule has 1 aliphatic carbocycles. The number of fused-ring (bicyclic) bond motifs is 1. The standard InChI is InChI=1S/C15H20FN3/c16-11-6-5-7-12-13(11)19-14(18-12)15(10-17)8-3-1-2-4-9-15/h5-7H,1-4,8-10,17H2,(H,18,19). The SMILES string of the molecule is NCC1(c2nc3c(F)cccc3[nH]2)CCCCCC1. The zero-order chi connectivity index (χ0) is 13.3. The predicted octanol–water partition coefficient (Wildman–Crippen LogP) is 3.25. The second-order valence-electron chi connectivity index (χ2n) is 5.62. The van der Waals surface area contributed by atoms with Gasteiger partial charge in [-0.25, -0.2) is 9.37 Å². The van der Waals surface area contributed by atoms with Crippen LogP contribution < -0.4 is 5.73 Å². The molecule has 102 valence electrons. The van der Waals surface area contributed by atoms with E-state index in [9.17, 15) is 4.39 Å². The van der Waals surface area contributed by atoms with Gasteiger partial charge in [-0.2, -0.15) is 0 Å². The number of aromatic nitrogens is 2. The van der Waals surface area contributed by atoms with Gasteiger partial charge in [0, 0.05) is 12.0 Å². The van der Waals surface area contributed by atoms with E-state index in [1.54, 1.807) is 6.07 Å². The van der Waals surface area contributed by atoms with Gasteiger partial charge in [0.1, 0.15) is 11.3 Å². The molecule has 19 heavy (non-hydrogen) atoms. The smallest absolute Gasteiger partial charge is 0.151 e. The van der Waals surface area contributed by atoms with Gasteiger partial charge in [0.05, 0.1) is 5.52 Å². The molecule has 2 aromatic rings. The van der Waals surface area contributed by atoms with Crippen LogP contribution in [0.4, 0.5) is 4.39 Å². The largest absolute Gasteiger partial charge is 0.341 e. The van der Waals surface area contributed by atoms with Crippen molar-refractivity contribution in [3.8, 4) is 0 Å². The van der Waals surface area contributed by atoms with Crippen LogP contribution >= 0.6 is 0 Å². The van der Waals surface area contributed by atoms with Crippen LogP contribution in [0.2, 0.25) is 0 Å². The number of benzene rings is 1. The van der Waals surface area contributed by atoms with E-state index in [-0.39, 0.29) is 11.2 Å². The lowest BCUT2D eigenvalue weighted by Gasteiger charge is -2.29. The van der Waals surface area contributed by atoms with E-state index in [0.29, 0.717) is 12.1 Å². The minimum absolute atomic E-state index is 0.0953. The van der Waals surface area contributed by atoms with E-state index in [1.165, 1.54) is 31.7 Å². The number of hydrogen-bond donors (Lipinski definition) is 2. The average Bonchev–Trinajstić information content (AvgIpc) is 2.72. The third kappa shape index (κ3) is 2.14. The minimum atomic E-state index is -0.263. The molecule has 0 bridgehead atoms. The molecule has 1 aliphatic rings. The van der Waals surface area contributed by atoms with Crippen molar-refractivity contribution in [1.82, 2.24) is 9.97 Å². The van der Waals surface area contributed by atoms with E-state index in [1.807, 2.05) is 6.07 Å². The summed E-state index contributed by atoms with van der Waals surface area (Å²) in [6.45, 7) is 0.578. The summed E-state index contributed by atoms with van der Waals surface area (Å²) in [5.41, 5.74) is 7.16. The van der Waals surface area contributed by atoms with Crippen molar-refractivity contribution >= 4 is 11.0 Å². The van der Waals surface area contributed by atoms with Crippen LogP contribution in [-0.2, 0) is 5.41 Å². The van der Waals surface area contributed by atoms with Gasteiger partial charge in [-0.1, -0.05) is 31.7 Å². The predicted molar refractivity (Wildman–Crippen MR) is 74.5 cm³/mol. The highest BCUT2D eigenvalue weighted by molar-refractivity contribution is 5.75. The first-order valence-corrected chi connectivity index (χ1v) is 7.10. The Morgan fingerprint density at radius 1 is 1.21 bits per heavy atom. The number of rotatable bonds is 2. The van der Waals surface area contributed by atoms with E-state index in [0.717, 1.165) is 24.2 Å². The Morgan fingerprint density at radius 3 is 2.58 bits per heavy atom. The van der Waals surface area contributed by atoms with Crippen molar-refractivity contribution < 1.29 is 4.39 Å². The minimum Gasteiger partial charge on any atom is -0.341 e. The highest BCUT2D eigenvalue weighted by Crippen LogP contribution is 2.37. The molecule has 3 N–H and O–H groups in total. The molecule has 1 saturated carbocycles. The first-order valence-electron chi connectivity index (χ1n) is 7.10. The van der Waals surface area contributed by atoms with E-state index in [2.05, 4.69) is 9.97 Å². The fourth-order valence-corrected chi connectivity index (χ4v) is 3.19.